The number of nitrogens with zero attached hydrogens (tertiary/aromatic N) is 1. The highest BCUT2D eigenvalue weighted by atomic mass is 14.7. The molecule has 3 rings (SSSR count). The van der Waals surface area contributed by atoms with Gasteiger partial charge >= 0.3 is 0 Å². The van der Waals surface area contributed by atoms with E-state index in [0.29, 0.717) is 0 Å². The van der Waals surface area contributed by atoms with Crippen LogP contribution in [0.3, 0.4) is 0 Å². The molecule has 0 aliphatic carbocycles. The fraction of sp³-hybridized carbons (Fsp3) is 0.167. The quantitative estimate of drug-likeness (QED) is 0.635. The van der Waals surface area contributed by atoms with E-state index in [1.807, 2.05) is 12.1 Å². The van der Waals surface area contributed by atoms with Crippen molar-refractivity contribution in [2.45, 2.75) is 20.3 Å². The van der Waals surface area contributed by atoms with Gasteiger partial charge in [-0.3, -0.25) is 0 Å². The Morgan fingerprint density at radius 1 is 0.947 bits per heavy atom. The summed E-state index contributed by atoms with van der Waals surface area (Å²) in [6, 6.07) is 19.2. The average Bonchev–Trinajstić information content (AvgIpc) is 2.46. The van der Waals surface area contributed by atoms with Gasteiger partial charge in [-0.2, -0.15) is 0 Å². The molecule has 3 aromatic rings. The first-order valence-corrected chi connectivity index (χ1v) is 6.73. The fourth-order valence-corrected chi connectivity index (χ4v) is 2.44. The van der Waals surface area contributed by atoms with Gasteiger partial charge in [0.05, 0.1) is 11.2 Å². The second-order valence-corrected chi connectivity index (χ2v) is 4.95. The molecule has 0 atom stereocenters. The van der Waals surface area contributed by atoms with Crippen molar-refractivity contribution < 1.29 is 0 Å². The number of hydrogen-bond donors (Lipinski definition) is 0. The number of rotatable bonds is 2. The summed E-state index contributed by atoms with van der Waals surface area (Å²) in [6.07, 6.45) is 1.06. The largest absolute Gasteiger partial charge is 0.248 e. The van der Waals surface area contributed by atoms with E-state index in [1.165, 1.54) is 22.1 Å². The molecule has 0 aliphatic rings. The van der Waals surface area contributed by atoms with E-state index in [1.54, 1.807) is 0 Å². The molecule has 1 aromatic heterocycles. The molecule has 94 valence electrons. The van der Waals surface area contributed by atoms with Crippen LogP contribution in [0.2, 0.25) is 0 Å². The zero-order chi connectivity index (χ0) is 13.2. The van der Waals surface area contributed by atoms with Crippen LogP contribution in [0.5, 0.6) is 0 Å². The lowest BCUT2D eigenvalue weighted by atomic mass is 10.0. The highest BCUT2D eigenvalue weighted by Crippen LogP contribution is 2.23. The van der Waals surface area contributed by atoms with E-state index < -0.39 is 0 Å². The van der Waals surface area contributed by atoms with E-state index in [-0.39, 0.29) is 0 Å². The van der Waals surface area contributed by atoms with Gasteiger partial charge in [-0.25, -0.2) is 4.98 Å². The van der Waals surface area contributed by atoms with Gasteiger partial charge in [0.1, 0.15) is 0 Å². The van der Waals surface area contributed by atoms with E-state index in [0.717, 1.165) is 17.6 Å². The SMILES string of the molecule is CCc1cc(C)cc(-c2ccc3ccccc3n2)c1. The van der Waals surface area contributed by atoms with Crippen molar-refractivity contribution in [1.82, 2.24) is 4.98 Å². The first-order valence-electron chi connectivity index (χ1n) is 6.73. The number of aromatic nitrogens is 1. The van der Waals surface area contributed by atoms with Crippen LogP contribution < -0.4 is 0 Å². The third-order valence-electron chi connectivity index (χ3n) is 3.44. The lowest BCUT2D eigenvalue weighted by Crippen LogP contribution is -1.89. The van der Waals surface area contributed by atoms with Gasteiger partial charge in [0.15, 0.2) is 0 Å². The van der Waals surface area contributed by atoms with Crippen molar-refractivity contribution in [2.24, 2.45) is 0 Å². The fourth-order valence-electron chi connectivity index (χ4n) is 2.44. The summed E-state index contributed by atoms with van der Waals surface area (Å²) >= 11 is 0. The molecular weight excluding hydrogens is 230 g/mol. The smallest absolute Gasteiger partial charge is 0.0709 e. The van der Waals surface area contributed by atoms with E-state index >= 15 is 0 Å². The molecular formula is C18H17N. The zero-order valence-corrected chi connectivity index (χ0v) is 11.4. The summed E-state index contributed by atoms with van der Waals surface area (Å²) in [4.78, 5) is 4.76. The zero-order valence-electron chi connectivity index (χ0n) is 11.4. The minimum Gasteiger partial charge on any atom is -0.248 e. The molecule has 0 spiro atoms. The van der Waals surface area contributed by atoms with Crippen molar-refractivity contribution in [3.8, 4) is 11.3 Å². The van der Waals surface area contributed by atoms with E-state index in [9.17, 15) is 0 Å². The minimum absolute atomic E-state index is 1.05. The maximum absolute atomic E-state index is 4.76. The maximum Gasteiger partial charge on any atom is 0.0709 e. The number of hydrogen-bond acceptors (Lipinski definition) is 1. The van der Waals surface area contributed by atoms with Crippen LogP contribution in [0.15, 0.2) is 54.6 Å². The topological polar surface area (TPSA) is 12.9 Å². The Morgan fingerprint density at radius 2 is 1.79 bits per heavy atom. The third kappa shape index (κ3) is 2.37. The van der Waals surface area contributed by atoms with Crippen LogP contribution >= 0.6 is 0 Å². The molecule has 0 fully saturated rings. The second-order valence-electron chi connectivity index (χ2n) is 4.95. The average molecular weight is 247 g/mol. The number of aryl methyl sites for hydroxylation is 2. The molecule has 1 nitrogen and oxygen atoms in total. The Morgan fingerprint density at radius 3 is 2.63 bits per heavy atom. The molecule has 1 heteroatoms. The Bertz CT molecular complexity index is 729. The van der Waals surface area contributed by atoms with Gasteiger partial charge < -0.3 is 0 Å². The summed E-state index contributed by atoms with van der Waals surface area (Å²) in [5.74, 6) is 0. The summed E-state index contributed by atoms with van der Waals surface area (Å²) < 4.78 is 0. The van der Waals surface area contributed by atoms with Crippen LogP contribution in [0.4, 0.5) is 0 Å². The van der Waals surface area contributed by atoms with Crippen molar-refractivity contribution in [3.05, 3.63) is 65.7 Å². The molecule has 0 N–H and O–H groups in total. The number of para-hydroxylation sites is 1. The Balaban J connectivity index is 2.15. The van der Waals surface area contributed by atoms with Crippen LogP contribution in [0.1, 0.15) is 18.1 Å². The Kier molecular flexibility index (Phi) is 3.04. The maximum atomic E-state index is 4.76. The van der Waals surface area contributed by atoms with Crippen LogP contribution in [-0.4, -0.2) is 4.98 Å². The van der Waals surface area contributed by atoms with Gasteiger partial charge in [-0.1, -0.05) is 42.8 Å². The predicted octanol–water partition coefficient (Wildman–Crippen LogP) is 4.77. The van der Waals surface area contributed by atoms with Gasteiger partial charge in [-0.15, -0.1) is 0 Å². The second kappa shape index (κ2) is 4.85. The minimum atomic E-state index is 1.05. The lowest BCUT2D eigenvalue weighted by Gasteiger charge is -2.07. The van der Waals surface area contributed by atoms with Gasteiger partial charge in [0.2, 0.25) is 0 Å². The lowest BCUT2D eigenvalue weighted by molar-refractivity contribution is 1.13. The van der Waals surface area contributed by atoms with Crippen LogP contribution in [-0.2, 0) is 6.42 Å². The highest BCUT2D eigenvalue weighted by Gasteiger charge is 2.03. The molecule has 0 aliphatic heterocycles. The van der Waals surface area contributed by atoms with Crippen molar-refractivity contribution >= 4 is 10.9 Å². The van der Waals surface area contributed by atoms with Gasteiger partial charge in [0.25, 0.3) is 0 Å². The van der Waals surface area contributed by atoms with Crippen molar-refractivity contribution in [1.29, 1.82) is 0 Å². The van der Waals surface area contributed by atoms with Gasteiger partial charge in [-0.05, 0) is 43.2 Å². The molecule has 1 heterocycles. The summed E-state index contributed by atoms with van der Waals surface area (Å²) in [5.41, 5.74) is 5.98. The first-order chi connectivity index (χ1) is 9.26. The van der Waals surface area contributed by atoms with E-state index in [2.05, 4.69) is 56.3 Å². The number of benzene rings is 2. The van der Waals surface area contributed by atoms with Crippen LogP contribution in [0.25, 0.3) is 22.2 Å². The highest BCUT2D eigenvalue weighted by molar-refractivity contribution is 5.81. The van der Waals surface area contributed by atoms with Crippen molar-refractivity contribution in [2.75, 3.05) is 0 Å². The molecule has 2 aromatic carbocycles. The Labute approximate surface area is 113 Å². The molecule has 19 heavy (non-hydrogen) atoms. The molecule has 0 radical (unpaired) electrons. The third-order valence-corrected chi connectivity index (χ3v) is 3.44. The molecule has 0 saturated carbocycles. The predicted molar refractivity (Wildman–Crippen MR) is 81.3 cm³/mol. The summed E-state index contributed by atoms with van der Waals surface area (Å²) in [7, 11) is 0. The standard InChI is InChI=1S/C18H17N/c1-3-14-10-13(2)11-16(12-14)18-9-8-15-6-4-5-7-17(15)19-18/h4-12H,3H2,1-2H3. The summed E-state index contributed by atoms with van der Waals surface area (Å²) in [5, 5.41) is 1.19. The van der Waals surface area contributed by atoms with Crippen LogP contribution in [0, 0.1) is 6.92 Å². The van der Waals surface area contributed by atoms with Gasteiger partial charge in [0, 0.05) is 10.9 Å². The van der Waals surface area contributed by atoms with E-state index in [4.69, 9.17) is 4.98 Å². The molecule has 0 unspecified atom stereocenters. The Hall–Kier alpha value is -2.15. The molecule has 0 amide bonds. The molecule has 0 bridgehead atoms. The number of pyridine rings is 1. The number of fused-ring (bicyclic) bond motifs is 1. The molecule has 0 saturated heterocycles. The normalized spacial score (nSPS) is 10.8. The summed E-state index contributed by atoms with van der Waals surface area (Å²) in [6.45, 7) is 4.33. The van der Waals surface area contributed by atoms with Crippen molar-refractivity contribution in [3.63, 3.8) is 0 Å². The monoisotopic (exact) mass is 247 g/mol. The first kappa shape index (κ1) is 11.9.